The van der Waals surface area contributed by atoms with Gasteiger partial charge < -0.3 is 14.6 Å². The molecule has 4 heteroatoms. The summed E-state index contributed by atoms with van der Waals surface area (Å²) in [5, 5.41) is 4.77. The van der Waals surface area contributed by atoms with E-state index < -0.39 is 0 Å². The molecular formula is C17H19N3O. The first-order chi connectivity index (χ1) is 10.3. The van der Waals surface area contributed by atoms with Crippen molar-refractivity contribution in [3.63, 3.8) is 0 Å². The van der Waals surface area contributed by atoms with Gasteiger partial charge in [-0.25, -0.2) is 4.98 Å². The van der Waals surface area contributed by atoms with E-state index in [1.165, 1.54) is 16.5 Å². The molecule has 0 bridgehead atoms. The van der Waals surface area contributed by atoms with Gasteiger partial charge in [-0.1, -0.05) is 24.3 Å². The molecule has 4 nitrogen and oxygen atoms in total. The van der Waals surface area contributed by atoms with E-state index in [1.807, 2.05) is 18.3 Å². The number of pyridine rings is 1. The second kappa shape index (κ2) is 5.97. The number of aryl methyl sites for hydroxylation is 1. The first kappa shape index (κ1) is 13.6. The lowest BCUT2D eigenvalue weighted by molar-refractivity contribution is 0.397. The molecular weight excluding hydrogens is 262 g/mol. The van der Waals surface area contributed by atoms with Crippen LogP contribution in [0.15, 0.2) is 48.8 Å². The zero-order valence-electron chi connectivity index (χ0n) is 12.3. The van der Waals surface area contributed by atoms with Gasteiger partial charge in [0, 0.05) is 49.5 Å². The Morgan fingerprint density at radius 1 is 1.14 bits per heavy atom. The van der Waals surface area contributed by atoms with Crippen molar-refractivity contribution in [3.8, 4) is 5.88 Å². The summed E-state index contributed by atoms with van der Waals surface area (Å²) in [7, 11) is 3.71. The molecule has 0 saturated heterocycles. The molecule has 0 amide bonds. The number of nitrogens with zero attached hydrogens (tertiary/aromatic N) is 2. The van der Waals surface area contributed by atoms with Gasteiger partial charge in [0.25, 0.3) is 0 Å². The number of ether oxygens (including phenoxy) is 1. The summed E-state index contributed by atoms with van der Waals surface area (Å²) < 4.78 is 7.23. The maximum absolute atomic E-state index is 5.06. The second-order valence-corrected chi connectivity index (χ2v) is 5.09. The fourth-order valence-corrected chi connectivity index (χ4v) is 2.54. The minimum absolute atomic E-state index is 0.646. The molecule has 0 aliphatic heterocycles. The highest BCUT2D eigenvalue weighted by Gasteiger charge is 2.05. The molecule has 3 aromatic rings. The van der Waals surface area contributed by atoms with Gasteiger partial charge in [-0.05, 0) is 17.2 Å². The number of hydrogen-bond donors (Lipinski definition) is 1. The largest absolute Gasteiger partial charge is 0.481 e. The zero-order valence-corrected chi connectivity index (χ0v) is 12.3. The van der Waals surface area contributed by atoms with Crippen LogP contribution in [-0.4, -0.2) is 16.7 Å². The van der Waals surface area contributed by atoms with Gasteiger partial charge in [-0.15, -0.1) is 0 Å². The molecule has 0 radical (unpaired) electrons. The average molecular weight is 281 g/mol. The van der Waals surface area contributed by atoms with Gasteiger partial charge in [0.1, 0.15) is 0 Å². The number of para-hydroxylation sites is 1. The summed E-state index contributed by atoms with van der Waals surface area (Å²) in [6.07, 6.45) is 4.03. The summed E-state index contributed by atoms with van der Waals surface area (Å²) >= 11 is 0. The number of rotatable bonds is 5. The number of methoxy groups -OCH3 is 1. The van der Waals surface area contributed by atoms with E-state index in [4.69, 9.17) is 4.74 Å². The zero-order chi connectivity index (χ0) is 14.7. The molecule has 0 fully saturated rings. The van der Waals surface area contributed by atoms with Crippen molar-refractivity contribution in [1.82, 2.24) is 14.9 Å². The van der Waals surface area contributed by atoms with Crippen molar-refractivity contribution in [1.29, 1.82) is 0 Å². The lowest BCUT2D eigenvalue weighted by Crippen LogP contribution is -2.12. The Labute approximate surface area is 124 Å². The fraction of sp³-hybridized carbons (Fsp3) is 0.235. The molecule has 3 rings (SSSR count). The highest BCUT2D eigenvalue weighted by Crippen LogP contribution is 2.20. The lowest BCUT2D eigenvalue weighted by atomic mass is 10.2. The standard InChI is InChI=1S/C17H19N3O/c1-20-12-14(15-5-3-4-6-16(15)20)11-18-9-13-7-8-17(21-2)19-10-13/h3-8,10,12,18H,9,11H2,1-2H3. The number of nitrogens with one attached hydrogen (secondary N) is 1. The molecule has 21 heavy (non-hydrogen) atoms. The molecule has 1 N–H and O–H groups in total. The van der Waals surface area contributed by atoms with Crippen LogP contribution in [0.5, 0.6) is 5.88 Å². The molecule has 0 aliphatic carbocycles. The van der Waals surface area contributed by atoms with Gasteiger partial charge in [0.15, 0.2) is 0 Å². The Bertz CT molecular complexity index is 731. The van der Waals surface area contributed by atoms with Gasteiger partial charge in [0.2, 0.25) is 5.88 Å². The number of aromatic nitrogens is 2. The summed E-state index contributed by atoms with van der Waals surface area (Å²) in [4.78, 5) is 4.21. The van der Waals surface area contributed by atoms with Crippen molar-refractivity contribution in [2.24, 2.45) is 7.05 Å². The number of hydrogen-bond acceptors (Lipinski definition) is 3. The van der Waals surface area contributed by atoms with Crippen LogP contribution in [0.4, 0.5) is 0 Å². The highest BCUT2D eigenvalue weighted by molar-refractivity contribution is 5.83. The van der Waals surface area contributed by atoms with E-state index in [-0.39, 0.29) is 0 Å². The summed E-state index contributed by atoms with van der Waals surface area (Å²) in [6.45, 7) is 1.63. The average Bonchev–Trinajstić information content (AvgIpc) is 2.85. The third-order valence-electron chi connectivity index (χ3n) is 3.63. The van der Waals surface area contributed by atoms with E-state index in [2.05, 4.69) is 52.4 Å². The first-order valence-electron chi connectivity index (χ1n) is 7.00. The molecule has 0 unspecified atom stereocenters. The van der Waals surface area contributed by atoms with Crippen molar-refractivity contribution < 1.29 is 4.74 Å². The minimum atomic E-state index is 0.646. The van der Waals surface area contributed by atoms with Gasteiger partial charge >= 0.3 is 0 Å². The maximum Gasteiger partial charge on any atom is 0.212 e. The SMILES string of the molecule is COc1ccc(CNCc2cn(C)c3ccccc23)cn1. The molecule has 1 aromatic carbocycles. The number of fused-ring (bicyclic) bond motifs is 1. The van der Waals surface area contributed by atoms with Crippen LogP contribution in [0.2, 0.25) is 0 Å². The summed E-state index contributed by atoms with van der Waals surface area (Å²) in [5.41, 5.74) is 3.73. The van der Waals surface area contributed by atoms with Crippen LogP contribution < -0.4 is 10.1 Å². The lowest BCUT2D eigenvalue weighted by Gasteiger charge is -2.05. The van der Waals surface area contributed by atoms with Crippen LogP contribution in [0, 0.1) is 0 Å². The quantitative estimate of drug-likeness (QED) is 0.781. The van der Waals surface area contributed by atoms with Crippen molar-refractivity contribution in [3.05, 3.63) is 59.9 Å². The third-order valence-corrected chi connectivity index (χ3v) is 3.63. The topological polar surface area (TPSA) is 39.1 Å². The predicted octanol–water partition coefficient (Wildman–Crippen LogP) is 2.87. The van der Waals surface area contributed by atoms with Crippen LogP contribution in [-0.2, 0) is 20.1 Å². The van der Waals surface area contributed by atoms with Crippen molar-refractivity contribution >= 4 is 10.9 Å². The van der Waals surface area contributed by atoms with Gasteiger partial charge in [0.05, 0.1) is 7.11 Å². The molecule has 2 heterocycles. The van der Waals surface area contributed by atoms with Crippen LogP contribution in [0.25, 0.3) is 10.9 Å². The molecule has 108 valence electrons. The van der Waals surface area contributed by atoms with E-state index in [1.54, 1.807) is 7.11 Å². The van der Waals surface area contributed by atoms with E-state index in [0.29, 0.717) is 5.88 Å². The summed E-state index contributed by atoms with van der Waals surface area (Å²) in [6, 6.07) is 12.4. The van der Waals surface area contributed by atoms with Crippen LogP contribution in [0.3, 0.4) is 0 Å². The smallest absolute Gasteiger partial charge is 0.212 e. The Kier molecular flexibility index (Phi) is 3.88. The minimum Gasteiger partial charge on any atom is -0.481 e. The van der Waals surface area contributed by atoms with E-state index in [9.17, 15) is 0 Å². The third kappa shape index (κ3) is 2.90. The molecule has 0 spiro atoms. The summed E-state index contributed by atoms with van der Waals surface area (Å²) in [5.74, 6) is 0.646. The molecule has 0 atom stereocenters. The van der Waals surface area contributed by atoms with Crippen molar-refractivity contribution in [2.75, 3.05) is 7.11 Å². The maximum atomic E-state index is 5.06. The highest BCUT2D eigenvalue weighted by atomic mass is 16.5. The Balaban J connectivity index is 1.66. The van der Waals surface area contributed by atoms with Crippen LogP contribution in [0.1, 0.15) is 11.1 Å². The van der Waals surface area contributed by atoms with E-state index in [0.717, 1.165) is 18.7 Å². The molecule has 0 saturated carbocycles. The van der Waals surface area contributed by atoms with Gasteiger partial charge in [-0.3, -0.25) is 0 Å². The monoisotopic (exact) mass is 281 g/mol. The Morgan fingerprint density at radius 3 is 2.76 bits per heavy atom. The molecule has 0 aliphatic rings. The normalized spacial score (nSPS) is 11.0. The first-order valence-corrected chi connectivity index (χ1v) is 7.00. The Hall–Kier alpha value is -2.33. The van der Waals surface area contributed by atoms with Crippen molar-refractivity contribution in [2.45, 2.75) is 13.1 Å². The predicted molar refractivity (Wildman–Crippen MR) is 84.3 cm³/mol. The Morgan fingerprint density at radius 2 is 2.00 bits per heavy atom. The second-order valence-electron chi connectivity index (χ2n) is 5.09. The van der Waals surface area contributed by atoms with E-state index >= 15 is 0 Å². The van der Waals surface area contributed by atoms with Crippen LogP contribution >= 0.6 is 0 Å². The molecule has 2 aromatic heterocycles. The fourth-order valence-electron chi connectivity index (χ4n) is 2.54. The number of benzene rings is 1. The van der Waals surface area contributed by atoms with Gasteiger partial charge in [-0.2, -0.15) is 0 Å².